The van der Waals surface area contributed by atoms with Gasteiger partial charge in [0, 0.05) is 10.7 Å². The van der Waals surface area contributed by atoms with E-state index in [1.807, 2.05) is 6.92 Å². The van der Waals surface area contributed by atoms with Gasteiger partial charge in [-0.1, -0.05) is 13.3 Å². The molecule has 0 saturated heterocycles. The van der Waals surface area contributed by atoms with Crippen molar-refractivity contribution in [3.05, 3.63) is 22.8 Å². The Morgan fingerprint density at radius 2 is 2.14 bits per heavy atom. The first-order chi connectivity index (χ1) is 9.91. The standard InChI is InChI=1S/C14H20BrN3O3/c1-4-7-14(2,13(20)21-3)17-9-12(19)18-11-6-5-10(15)8-16-11/h5-6,8,17H,4,7,9H2,1-3H3,(H,16,18,19)/t14-/m0/s1. The first kappa shape index (κ1) is 17.6. The van der Waals surface area contributed by atoms with Gasteiger partial charge in [-0.3, -0.25) is 14.9 Å². The Kier molecular flexibility index (Phi) is 6.77. The number of rotatable bonds is 7. The summed E-state index contributed by atoms with van der Waals surface area (Å²) in [5, 5.41) is 5.61. The number of carbonyl (C=O) groups is 2. The van der Waals surface area contributed by atoms with Crippen molar-refractivity contribution >= 4 is 33.6 Å². The molecule has 1 aromatic rings. The monoisotopic (exact) mass is 357 g/mol. The number of amides is 1. The molecule has 21 heavy (non-hydrogen) atoms. The highest BCUT2D eigenvalue weighted by atomic mass is 79.9. The van der Waals surface area contributed by atoms with E-state index in [0.29, 0.717) is 12.2 Å². The molecule has 0 fully saturated rings. The molecule has 0 saturated carbocycles. The average Bonchev–Trinajstić information content (AvgIpc) is 2.47. The van der Waals surface area contributed by atoms with Gasteiger partial charge in [0.25, 0.3) is 0 Å². The summed E-state index contributed by atoms with van der Waals surface area (Å²) in [6.07, 6.45) is 2.98. The summed E-state index contributed by atoms with van der Waals surface area (Å²) in [6.45, 7) is 3.70. The van der Waals surface area contributed by atoms with Gasteiger partial charge in [0.05, 0.1) is 13.7 Å². The fourth-order valence-electron chi connectivity index (χ4n) is 1.90. The van der Waals surface area contributed by atoms with Crippen molar-refractivity contribution in [2.24, 2.45) is 0 Å². The Hall–Kier alpha value is -1.47. The molecule has 1 heterocycles. The molecule has 1 aromatic heterocycles. The number of methoxy groups -OCH3 is 1. The van der Waals surface area contributed by atoms with Crippen LogP contribution in [0.3, 0.4) is 0 Å². The van der Waals surface area contributed by atoms with E-state index in [0.717, 1.165) is 10.9 Å². The molecule has 0 aliphatic carbocycles. The SMILES string of the molecule is CCC[C@](C)(NCC(=O)Nc1ccc(Br)cn1)C(=O)OC. The minimum Gasteiger partial charge on any atom is -0.468 e. The molecule has 0 radical (unpaired) electrons. The van der Waals surface area contributed by atoms with Gasteiger partial charge in [0.1, 0.15) is 11.4 Å². The molecule has 1 amide bonds. The van der Waals surface area contributed by atoms with Crippen LogP contribution in [0.1, 0.15) is 26.7 Å². The summed E-state index contributed by atoms with van der Waals surface area (Å²) in [5.74, 6) is -0.185. The lowest BCUT2D eigenvalue weighted by molar-refractivity contribution is -0.148. The minimum atomic E-state index is -0.867. The molecule has 0 unspecified atom stereocenters. The van der Waals surface area contributed by atoms with Crippen LogP contribution in [0.15, 0.2) is 22.8 Å². The van der Waals surface area contributed by atoms with Gasteiger partial charge in [0.2, 0.25) is 5.91 Å². The summed E-state index contributed by atoms with van der Waals surface area (Å²) < 4.78 is 5.61. The summed E-state index contributed by atoms with van der Waals surface area (Å²) in [7, 11) is 1.34. The number of hydrogen-bond donors (Lipinski definition) is 2. The largest absolute Gasteiger partial charge is 0.468 e. The van der Waals surface area contributed by atoms with Gasteiger partial charge >= 0.3 is 5.97 Å². The van der Waals surface area contributed by atoms with Crippen LogP contribution in [-0.4, -0.2) is 36.1 Å². The molecule has 0 spiro atoms. The first-order valence-corrected chi connectivity index (χ1v) is 7.45. The highest BCUT2D eigenvalue weighted by molar-refractivity contribution is 9.10. The smallest absolute Gasteiger partial charge is 0.325 e. The van der Waals surface area contributed by atoms with Gasteiger partial charge < -0.3 is 10.1 Å². The maximum atomic E-state index is 11.9. The van der Waals surface area contributed by atoms with Gasteiger partial charge in [-0.15, -0.1) is 0 Å². The Morgan fingerprint density at radius 3 is 2.67 bits per heavy atom. The zero-order valence-corrected chi connectivity index (χ0v) is 14.0. The molecule has 116 valence electrons. The summed E-state index contributed by atoms with van der Waals surface area (Å²) in [4.78, 5) is 27.7. The predicted molar refractivity (Wildman–Crippen MR) is 83.9 cm³/mol. The van der Waals surface area contributed by atoms with E-state index in [1.54, 1.807) is 25.3 Å². The lowest BCUT2D eigenvalue weighted by Gasteiger charge is -2.27. The van der Waals surface area contributed by atoms with Crippen LogP contribution >= 0.6 is 15.9 Å². The van der Waals surface area contributed by atoms with Crippen molar-refractivity contribution in [2.75, 3.05) is 19.0 Å². The van der Waals surface area contributed by atoms with E-state index in [9.17, 15) is 9.59 Å². The normalized spacial score (nSPS) is 13.3. The van der Waals surface area contributed by atoms with E-state index < -0.39 is 5.54 Å². The number of anilines is 1. The highest BCUT2D eigenvalue weighted by Crippen LogP contribution is 2.14. The first-order valence-electron chi connectivity index (χ1n) is 6.66. The number of hydrogen-bond acceptors (Lipinski definition) is 5. The third-order valence-corrected chi connectivity index (χ3v) is 3.49. The van der Waals surface area contributed by atoms with Crippen molar-refractivity contribution in [3.63, 3.8) is 0 Å². The number of esters is 1. The van der Waals surface area contributed by atoms with Crippen molar-refractivity contribution in [1.29, 1.82) is 0 Å². The Bertz CT molecular complexity index is 493. The van der Waals surface area contributed by atoms with Gasteiger partial charge in [-0.25, -0.2) is 4.98 Å². The molecule has 0 aliphatic rings. The number of halogens is 1. The van der Waals surface area contributed by atoms with Crippen molar-refractivity contribution in [3.8, 4) is 0 Å². The second kappa shape index (κ2) is 8.09. The van der Waals surface area contributed by atoms with Crippen LogP contribution in [0.5, 0.6) is 0 Å². The third-order valence-electron chi connectivity index (χ3n) is 3.02. The lowest BCUT2D eigenvalue weighted by Crippen LogP contribution is -2.52. The Balaban J connectivity index is 2.57. The van der Waals surface area contributed by atoms with Crippen LogP contribution in [0, 0.1) is 0 Å². The Labute approximate surface area is 132 Å². The fraction of sp³-hybridized carbons (Fsp3) is 0.500. The molecule has 0 aromatic carbocycles. The number of nitrogens with one attached hydrogen (secondary N) is 2. The minimum absolute atomic E-state index is 0.00332. The number of pyridine rings is 1. The highest BCUT2D eigenvalue weighted by Gasteiger charge is 2.33. The summed E-state index contributed by atoms with van der Waals surface area (Å²) >= 11 is 3.27. The molecular formula is C14H20BrN3O3. The maximum absolute atomic E-state index is 11.9. The topological polar surface area (TPSA) is 80.3 Å². The van der Waals surface area contributed by atoms with Crippen LogP contribution in [-0.2, 0) is 14.3 Å². The van der Waals surface area contributed by atoms with Gasteiger partial charge in [0.15, 0.2) is 0 Å². The Morgan fingerprint density at radius 1 is 1.43 bits per heavy atom. The van der Waals surface area contributed by atoms with Crippen molar-refractivity contribution in [2.45, 2.75) is 32.2 Å². The quantitative estimate of drug-likeness (QED) is 0.730. The van der Waals surface area contributed by atoms with Crippen LogP contribution < -0.4 is 10.6 Å². The van der Waals surface area contributed by atoms with Crippen LogP contribution in [0.25, 0.3) is 0 Å². The maximum Gasteiger partial charge on any atom is 0.325 e. The number of carbonyl (C=O) groups excluding carboxylic acids is 2. The average molecular weight is 358 g/mol. The molecule has 0 bridgehead atoms. The number of aromatic nitrogens is 1. The fourth-order valence-corrected chi connectivity index (χ4v) is 2.13. The van der Waals surface area contributed by atoms with E-state index in [1.165, 1.54) is 7.11 Å². The van der Waals surface area contributed by atoms with E-state index >= 15 is 0 Å². The summed E-state index contributed by atoms with van der Waals surface area (Å²) in [5.41, 5.74) is -0.867. The molecule has 2 N–H and O–H groups in total. The third kappa shape index (κ3) is 5.43. The molecule has 6 nitrogen and oxygen atoms in total. The van der Waals surface area contributed by atoms with E-state index in [-0.39, 0.29) is 18.4 Å². The van der Waals surface area contributed by atoms with Crippen LogP contribution in [0.2, 0.25) is 0 Å². The lowest BCUT2D eigenvalue weighted by atomic mass is 9.96. The second-order valence-electron chi connectivity index (χ2n) is 4.84. The zero-order chi connectivity index (χ0) is 15.9. The molecule has 0 aliphatic heterocycles. The molecule has 1 rings (SSSR count). The van der Waals surface area contributed by atoms with E-state index in [2.05, 4.69) is 31.5 Å². The molecule has 7 heteroatoms. The number of ether oxygens (including phenoxy) is 1. The van der Waals surface area contributed by atoms with Crippen molar-refractivity contribution < 1.29 is 14.3 Å². The molecular weight excluding hydrogens is 338 g/mol. The van der Waals surface area contributed by atoms with Crippen LogP contribution in [0.4, 0.5) is 5.82 Å². The molecule has 1 atom stereocenters. The predicted octanol–water partition coefficient (Wildman–Crippen LogP) is 2.10. The zero-order valence-electron chi connectivity index (χ0n) is 12.4. The summed E-state index contributed by atoms with van der Waals surface area (Å²) in [6, 6.07) is 3.47. The van der Waals surface area contributed by atoms with Gasteiger partial charge in [-0.05, 0) is 41.4 Å². The van der Waals surface area contributed by atoms with Gasteiger partial charge in [-0.2, -0.15) is 0 Å². The number of nitrogens with zero attached hydrogens (tertiary/aromatic N) is 1. The van der Waals surface area contributed by atoms with E-state index in [4.69, 9.17) is 4.74 Å². The second-order valence-corrected chi connectivity index (χ2v) is 5.75. The van der Waals surface area contributed by atoms with Crippen molar-refractivity contribution in [1.82, 2.24) is 10.3 Å².